The summed E-state index contributed by atoms with van der Waals surface area (Å²) < 4.78 is 13.5. The number of benzene rings is 2. The highest BCUT2D eigenvalue weighted by Gasteiger charge is 2.17. The summed E-state index contributed by atoms with van der Waals surface area (Å²) in [6.45, 7) is 0. The van der Waals surface area contributed by atoms with Crippen molar-refractivity contribution >= 4 is 31.9 Å². The second-order valence-electron chi connectivity index (χ2n) is 4.47. The van der Waals surface area contributed by atoms with Gasteiger partial charge >= 0.3 is 0 Å². The molecule has 0 saturated heterocycles. The zero-order valence-electron chi connectivity index (χ0n) is 11.3. The van der Waals surface area contributed by atoms with Crippen molar-refractivity contribution in [3.05, 3.63) is 63.5 Å². The Morgan fingerprint density at radius 3 is 2.00 bits per heavy atom. The molecule has 0 aliphatic heterocycles. The molecule has 0 saturated carbocycles. The van der Waals surface area contributed by atoms with Gasteiger partial charge in [-0.3, -0.25) is 0 Å². The molecule has 2 nitrogen and oxygen atoms in total. The number of methoxy groups -OCH3 is 1. The molecule has 2 aromatic carbocycles. The Morgan fingerprint density at radius 1 is 0.857 bits per heavy atom. The number of hydrogen-bond acceptors (Lipinski definition) is 2. The first-order valence-electron chi connectivity index (χ1n) is 6.38. The fourth-order valence-electron chi connectivity index (χ4n) is 2.15. The van der Waals surface area contributed by atoms with E-state index in [0.29, 0.717) is 5.75 Å². The molecule has 0 spiro atoms. The zero-order chi connectivity index (χ0) is 14.8. The van der Waals surface area contributed by atoms with Crippen LogP contribution in [0.4, 0.5) is 0 Å². The van der Waals surface area contributed by atoms with Crippen LogP contribution in [-0.2, 0) is 0 Å². The summed E-state index contributed by atoms with van der Waals surface area (Å²) in [5.74, 6) is 2.20. The predicted octanol–water partition coefficient (Wildman–Crippen LogP) is 6.15. The predicted molar refractivity (Wildman–Crippen MR) is 91.5 cm³/mol. The maximum atomic E-state index is 6.05. The molecular formula is C17H12Br2O2. The van der Waals surface area contributed by atoms with Crippen LogP contribution < -0.4 is 4.74 Å². The maximum absolute atomic E-state index is 6.05. The molecule has 21 heavy (non-hydrogen) atoms. The summed E-state index contributed by atoms with van der Waals surface area (Å²) in [6.07, 6.45) is 0. The van der Waals surface area contributed by atoms with Crippen molar-refractivity contribution in [2.24, 2.45) is 0 Å². The van der Waals surface area contributed by atoms with Gasteiger partial charge < -0.3 is 9.15 Å². The third-order valence-electron chi connectivity index (χ3n) is 3.18. The normalized spacial score (nSPS) is 10.6. The molecule has 0 radical (unpaired) electrons. The molecule has 0 amide bonds. The smallest absolute Gasteiger partial charge is 0.177 e. The van der Waals surface area contributed by atoms with E-state index in [1.54, 1.807) is 7.11 Å². The lowest BCUT2D eigenvalue weighted by molar-refractivity contribution is 0.410. The van der Waals surface area contributed by atoms with Crippen molar-refractivity contribution in [1.29, 1.82) is 0 Å². The van der Waals surface area contributed by atoms with Crippen LogP contribution in [0.25, 0.3) is 22.6 Å². The van der Waals surface area contributed by atoms with E-state index in [-0.39, 0.29) is 0 Å². The Labute approximate surface area is 140 Å². The molecule has 3 rings (SSSR count). The summed E-state index contributed by atoms with van der Waals surface area (Å²) in [4.78, 5) is 0. The number of hydrogen-bond donors (Lipinski definition) is 0. The van der Waals surface area contributed by atoms with Gasteiger partial charge in [0, 0.05) is 26.1 Å². The molecule has 0 aliphatic rings. The maximum Gasteiger partial charge on any atom is 0.177 e. The lowest BCUT2D eigenvalue weighted by atomic mass is 10.1. The van der Waals surface area contributed by atoms with Gasteiger partial charge in [-0.25, -0.2) is 0 Å². The summed E-state index contributed by atoms with van der Waals surface area (Å²) >= 11 is 7.10. The highest BCUT2D eigenvalue weighted by atomic mass is 79.9. The molecule has 3 aromatic rings. The van der Waals surface area contributed by atoms with E-state index in [9.17, 15) is 0 Å². The standard InChI is InChI=1S/C17H12Br2O2/c1-20-16-10-15(11-6-2-4-8-13(11)18)21-17(16)12-7-3-5-9-14(12)19/h2-10H,1H3. The first-order chi connectivity index (χ1) is 10.2. The van der Waals surface area contributed by atoms with E-state index < -0.39 is 0 Å². The molecule has 1 aromatic heterocycles. The Hall–Kier alpha value is -1.52. The summed E-state index contributed by atoms with van der Waals surface area (Å²) in [5.41, 5.74) is 1.96. The Morgan fingerprint density at radius 2 is 1.43 bits per heavy atom. The van der Waals surface area contributed by atoms with Gasteiger partial charge in [-0.15, -0.1) is 0 Å². The fourth-order valence-corrected chi connectivity index (χ4v) is 3.10. The molecule has 0 atom stereocenters. The van der Waals surface area contributed by atoms with E-state index in [1.165, 1.54) is 0 Å². The van der Waals surface area contributed by atoms with Crippen LogP contribution in [0.1, 0.15) is 0 Å². The van der Waals surface area contributed by atoms with Gasteiger partial charge in [-0.05, 0) is 18.2 Å². The fraction of sp³-hybridized carbons (Fsp3) is 0.0588. The largest absolute Gasteiger partial charge is 0.493 e. The topological polar surface area (TPSA) is 22.4 Å². The third-order valence-corrected chi connectivity index (χ3v) is 4.56. The monoisotopic (exact) mass is 406 g/mol. The summed E-state index contributed by atoms with van der Waals surface area (Å²) in [6, 6.07) is 17.8. The first-order valence-corrected chi connectivity index (χ1v) is 7.97. The van der Waals surface area contributed by atoms with Crippen LogP contribution >= 0.6 is 31.9 Å². The van der Waals surface area contributed by atoms with Gasteiger partial charge in [0.25, 0.3) is 0 Å². The van der Waals surface area contributed by atoms with Gasteiger partial charge in [0.1, 0.15) is 5.76 Å². The zero-order valence-corrected chi connectivity index (χ0v) is 14.4. The van der Waals surface area contributed by atoms with Crippen LogP contribution in [0.3, 0.4) is 0 Å². The molecule has 1 heterocycles. The van der Waals surface area contributed by atoms with Gasteiger partial charge in [0.2, 0.25) is 0 Å². The van der Waals surface area contributed by atoms with E-state index >= 15 is 0 Å². The number of ether oxygens (including phenoxy) is 1. The van der Waals surface area contributed by atoms with Crippen molar-refractivity contribution in [2.75, 3.05) is 7.11 Å². The molecule has 0 fully saturated rings. The van der Waals surface area contributed by atoms with Gasteiger partial charge in [-0.2, -0.15) is 0 Å². The number of furan rings is 1. The number of halogens is 2. The second kappa shape index (κ2) is 6.08. The van der Waals surface area contributed by atoms with Crippen LogP contribution in [0.5, 0.6) is 5.75 Å². The second-order valence-corrected chi connectivity index (χ2v) is 6.18. The molecule has 4 heteroatoms. The van der Waals surface area contributed by atoms with E-state index in [1.807, 2.05) is 54.6 Å². The van der Waals surface area contributed by atoms with Gasteiger partial charge in [0.15, 0.2) is 11.5 Å². The first kappa shape index (κ1) is 14.4. The molecule has 0 aliphatic carbocycles. The van der Waals surface area contributed by atoms with Crippen LogP contribution in [-0.4, -0.2) is 7.11 Å². The van der Waals surface area contributed by atoms with Crippen LogP contribution in [0.15, 0.2) is 68.0 Å². The van der Waals surface area contributed by atoms with Crippen LogP contribution in [0, 0.1) is 0 Å². The lowest BCUT2D eigenvalue weighted by Crippen LogP contribution is -1.83. The molecule has 0 unspecified atom stereocenters. The summed E-state index contributed by atoms with van der Waals surface area (Å²) in [7, 11) is 1.65. The Kier molecular flexibility index (Phi) is 4.17. The summed E-state index contributed by atoms with van der Waals surface area (Å²) in [5, 5.41) is 0. The minimum Gasteiger partial charge on any atom is -0.493 e. The Balaban J connectivity index is 2.16. The highest BCUT2D eigenvalue weighted by molar-refractivity contribution is 9.11. The average Bonchev–Trinajstić information content (AvgIpc) is 2.92. The molecule has 106 valence electrons. The van der Waals surface area contributed by atoms with Crippen molar-refractivity contribution in [2.45, 2.75) is 0 Å². The molecular weight excluding hydrogens is 396 g/mol. The lowest BCUT2D eigenvalue weighted by Gasteiger charge is -2.03. The van der Waals surface area contributed by atoms with Crippen LogP contribution in [0.2, 0.25) is 0 Å². The minimum absolute atomic E-state index is 0.715. The quantitative estimate of drug-likeness (QED) is 0.519. The van der Waals surface area contributed by atoms with E-state index in [0.717, 1.165) is 31.6 Å². The van der Waals surface area contributed by atoms with E-state index in [2.05, 4.69) is 31.9 Å². The van der Waals surface area contributed by atoms with Gasteiger partial charge in [0.05, 0.1) is 7.11 Å². The van der Waals surface area contributed by atoms with Crippen molar-refractivity contribution < 1.29 is 9.15 Å². The minimum atomic E-state index is 0.715. The SMILES string of the molecule is COc1cc(-c2ccccc2Br)oc1-c1ccccc1Br. The molecule has 0 N–H and O–H groups in total. The number of rotatable bonds is 3. The van der Waals surface area contributed by atoms with Crippen molar-refractivity contribution in [3.8, 4) is 28.4 Å². The van der Waals surface area contributed by atoms with Crippen molar-refractivity contribution in [3.63, 3.8) is 0 Å². The van der Waals surface area contributed by atoms with Gasteiger partial charge in [-0.1, -0.05) is 62.2 Å². The van der Waals surface area contributed by atoms with E-state index in [4.69, 9.17) is 9.15 Å². The Bertz CT molecular complexity index is 778. The highest BCUT2D eigenvalue weighted by Crippen LogP contribution is 2.41. The molecule has 0 bridgehead atoms. The third kappa shape index (κ3) is 2.78. The van der Waals surface area contributed by atoms with Crippen molar-refractivity contribution in [1.82, 2.24) is 0 Å². The average molecular weight is 408 g/mol.